The van der Waals surface area contributed by atoms with Crippen LogP contribution in [0.1, 0.15) is 12.0 Å². The molecule has 92 valence electrons. The van der Waals surface area contributed by atoms with Gasteiger partial charge in [0.05, 0.1) is 0 Å². The molecule has 0 amide bonds. The summed E-state index contributed by atoms with van der Waals surface area (Å²) in [5.74, 6) is 0. The second kappa shape index (κ2) is 6.60. The van der Waals surface area contributed by atoms with Gasteiger partial charge in [0, 0.05) is 25.5 Å². The normalized spacial score (nSPS) is 21.3. The Balaban J connectivity index is 2.05. The van der Waals surface area contributed by atoms with Crippen molar-refractivity contribution in [1.29, 1.82) is 0 Å². The van der Waals surface area contributed by atoms with Crippen LogP contribution in [0.15, 0.2) is 73.3 Å². The molecule has 1 aliphatic rings. The lowest BCUT2D eigenvalue weighted by molar-refractivity contribution is 0.408. The van der Waals surface area contributed by atoms with E-state index in [2.05, 4.69) is 59.1 Å². The minimum absolute atomic E-state index is 0.900. The molecule has 1 aromatic rings. The first-order chi connectivity index (χ1) is 8.84. The Morgan fingerprint density at radius 3 is 2.83 bits per heavy atom. The second-order valence-electron chi connectivity index (χ2n) is 4.32. The number of hydrogen-bond acceptors (Lipinski definition) is 2. The van der Waals surface area contributed by atoms with E-state index in [4.69, 9.17) is 0 Å². The molecule has 0 aromatic carbocycles. The Morgan fingerprint density at radius 1 is 1.17 bits per heavy atom. The first kappa shape index (κ1) is 12.4. The van der Waals surface area contributed by atoms with E-state index in [9.17, 15) is 0 Å². The molecule has 1 aliphatic heterocycles. The van der Waals surface area contributed by atoms with Crippen LogP contribution in [0.4, 0.5) is 0 Å². The molecule has 2 heteroatoms. The Labute approximate surface area is 109 Å². The van der Waals surface area contributed by atoms with Crippen molar-refractivity contribution in [2.75, 3.05) is 6.54 Å². The molecule has 2 nitrogen and oxygen atoms in total. The van der Waals surface area contributed by atoms with Crippen molar-refractivity contribution >= 4 is 0 Å². The van der Waals surface area contributed by atoms with E-state index < -0.39 is 0 Å². The van der Waals surface area contributed by atoms with E-state index in [1.54, 1.807) is 0 Å². The van der Waals surface area contributed by atoms with Crippen LogP contribution in [-0.4, -0.2) is 16.4 Å². The highest BCUT2D eigenvalue weighted by molar-refractivity contribution is 5.22. The Morgan fingerprint density at radius 2 is 2.00 bits per heavy atom. The van der Waals surface area contributed by atoms with Crippen molar-refractivity contribution in [3.63, 3.8) is 0 Å². The monoisotopic (exact) mass is 238 g/mol. The van der Waals surface area contributed by atoms with Crippen molar-refractivity contribution in [1.82, 2.24) is 9.88 Å². The summed E-state index contributed by atoms with van der Waals surface area (Å²) in [4.78, 5) is 6.31. The van der Waals surface area contributed by atoms with Gasteiger partial charge in [-0.15, -0.1) is 0 Å². The summed E-state index contributed by atoms with van der Waals surface area (Å²) in [5.41, 5.74) is 2.40. The van der Waals surface area contributed by atoms with Gasteiger partial charge in [-0.3, -0.25) is 4.98 Å². The van der Waals surface area contributed by atoms with Gasteiger partial charge < -0.3 is 4.90 Å². The van der Waals surface area contributed by atoms with Crippen molar-refractivity contribution in [3.05, 3.63) is 78.8 Å². The van der Waals surface area contributed by atoms with E-state index in [1.165, 1.54) is 5.56 Å². The predicted octanol–water partition coefficient (Wildman–Crippen LogP) is 3.47. The summed E-state index contributed by atoms with van der Waals surface area (Å²) in [6, 6.07) is 4.10. The molecule has 0 atom stereocenters. The molecule has 1 aromatic heterocycles. The molecule has 0 aliphatic carbocycles. The number of nitrogens with zero attached hydrogens (tertiary/aromatic N) is 2. The molecule has 0 fully saturated rings. The van der Waals surface area contributed by atoms with Crippen LogP contribution in [0.3, 0.4) is 0 Å². The Kier molecular flexibility index (Phi) is 4.53. The van der Waals surface area contributed by atoms with Gasteiger partial charge >= 0.3 is 0 Å². The fourth-order valence-electron chi connectivity index (χ4n) is 1.79. The average molecular weight is 238 g/mol. The van der Waals surface area contributed by atoms with Crippen LogP contribution in [0.2, 0.25) is 0 Å². The molecule has 0 spiro atoms. The molecule has 18 heavy (non-hydrogen) atoms. The van der Waals surface area contributed by atoms with Crippen LogP contribution in [0.5, 0.6) is 0 Å². The zero-order chi connectivity index (χ0) is 12.6. The van der Waals surface area contributed by atoms with Gasteiger partial charge in [-0.05, 0) is 30.3 Å². The third kappa shape index (κ3) is 4.06. The molecule has 2 heterocycles. The van der Waals surface area contributed by atoms with E-state index in [1.807, 2.05) is 18.5 Å². The molecular weight excluding hydrogens is 220 g/mol. The van der Waals surface area contributed by atoms with Crippen LogP contribution in [0.25, 0.3) is 0 Å². The van der Waals surface area contributed by atoms with Gasteiger partial charge in [0.2, 0.25) is 0 Å². The second-order valence-corrected chi connectivity index (χ2v) is 4.32. The largest absolute Gasteiger partial charge is 0.370 e. The molecule has 0 saturated carbocycles. The van der Waals surface area contributed by atoms with Crippen molar-refractivity contribution in [2.24, 2.45) is 0 Å². The highest BCUT2D eigenvalue weighted by Crippen LogP contribution is 2.08. The lowest BCUT2D eigenvalue weighted by Gasteiger charge is -2.19. The van der Waals surface area contributed by atoms with Crippen molar-refractivity contribution < 1.29 is 0 Å². The lowest BCUT2D eigenvalue weighted by atomic mass is 10.2. The molecule has 0 radical (unpaired) electrons. The zero-order valence-electron chi connectivity index (χ0n) is 10.5. The fourth-order valence-corrected chi connectivity index (χ4v) is 1.79. The summed E-state index contributed by atoms with van der Waals surface area (Å²) in [6.45, 7) is 5.81. The van der Waals surface area contributed by atoms with Crippen LogP contribution in [-0.2, 0) is 6.54 Å². The topological polar surface area (TPSA) is 16.1 Å². The highest BCUT2D eigenvalue weighted by Gasteiger charge is 1.99. The molecule has 0 N–H and O–H groups in total. The third-order valence-corrected chi connectivity index (χ3v) is 2.75. The molecule has 0 saturated heterocycles. The van der Waals surface area contributed by atoms with Gasteiger partial charge in [0.25, 0.3) is 0 Å². The maximum absolute atomic E-state index is 4.04. The summed E-state index contributed by atoms with van der Waals surface area (Å²) in [5, 5.41) is 0. The Hall–Kier alpha value is -2.09. The summed E-state index contributed by atoms with van der Waals surface area (Å²) in [6.07, 6.45) is 17.2. The minimum atomic E-state index is 0.900. The number of hydrogen-bond donors (Lipinski definition) is 0. The summed E-state index contributed by atoms with van der Waals surface area (Å²) in [7, 11) is 0. The van der Waals surface area contributed by atoms with Crippen LogP contribution in [0, 0.1) is 0 Å². The maximum atomic E-state index is 4.04. The zero-order valence-corrected chi connectivity index (χ0v) is 10.5. The van der Waals surface area contributed by atoms with E-state index >= 15 is 0 Å². The molecule has 2 rings (SSSR count). The predicted molar refractivity (Wildman–Crippen MR) is 75.8 cm³/mol. The average Bonchev–Trinajstić information content (AvgIpc) is 2.39. The lowest BCUT2D eigenvalue weighted by Crippen LogP contribution is -2.16. The third-order valence-electron chi connectivity index (χ3n) is 2.75. The van der Waals surface area contributed by atoms with Crippen LogP contribution < -0.4 is 0 Å². The van der Waals surface area contributed by atoms with Gasteiger partial charge in [0.1, 0.15) is 0 Å². The molecule has 0 bridgehead atoms. The van der Waals surface area contributed by atoms with E-state index in [-0.39, 0.29) is 0 Å². The smallest absolute Gasteiger partial charge is 0.0428 e. The van der Waals surface area contributed by atoms with Gasteiger partial charge in [-0.1, -0.05) is 42.5 Å². The van der Waals surface area contributed by atoms with Gasteiger partial charge in [0.15, 0.2) is 0 Å². The first-order valence-electron chi connectivity index (χ1n) is 6.15. The number of pyridine rings is 1. The quantitative estimate of drug-likeness (QED) is 0.784. The standard InChI is InChI=1S/C16H18N2/c1-15-6-3-2-4-12-18(13-5-7-15)14-16-8-10-17-11-9-16/h2-6,8-11,13H,1,7,12,14H2/b4-2-,6-3-,13-5-. The first-order valence-corrected chi connectivity index (χ1v) is 6.15. The number of rotatable bonds is 2. The van der Waals surface area contributed by atoms with Crippen molar-refractivity contribution in [2.45, 2.75) is 13.0 Å². The number of allylic oxidation sites excluding steroid dienone is 5. The Bertz CT molecular complexity index is 469. The highest BCUT2D eigenvalue weighted by atomic mass is 15.1. The SMILES string of the molecule is C=C1/C=C\C=C/CN(Cc2ccncc2)/C=C\C1. The summed E-state index contributed by atoms with van der Waals surface area (Å²) >= 11 is 0. The van der Waals surface area contributed by atoms with Gasteiger partial charge in [-0.25, -0.2) is 0 Å². The molecular formula is C16H18N2. The number of aromatic nitrogens is 1. The maximum Gasteiger partial charge on any atom is 0.0428 e. The van der Waals surface area contributed by atoms with E-state index in [0.29, 0.717) is 0 Å². The van der Waals surface area contributed by atoms with Crippen molar-refractivity contribution in [3.8, 4) is 0 Å². The fraction of sp³-hybridized carbons (Fsp3) is 0.188. The summed E-state index contributed by atoms with van der Waals surface area (Å²) < 4.78 is 0. The minimum Gasteiger partial charge on any atom is -0.370 e. The molecule has 0 unspecified atom stereocenters. The van der Waals surface area contributed by atoms with Crippen LogP contribution >= 0.6 is 0 Å². The van der Waals surface area contributed by atoms with E-state index in [0.717, 1.165) is 25.1 Å². The van der Waals surface area contributed by atoms with Gasteiger partial charge in [-0.2, -0.15) is 0 Å².